The molecule has 1 aromatic rings. The predicted octanol–water partition coefficient (Wildman–Crippen LogP) is 4.41. The van der Waals surface area contributed by atoms with Crippen LogP contribution in [0.4, 0.5) is 5.69 Å². The Balaban J connectivity index is 2.47. The molecule has 0 bridgehead atoms. The van der Waals surface area contributed by atoms with Gasteiger partial charge in [-0.15, -0.1) is 0 Å². The normalized spacial score (nSPS) is 17.9. The zero-order chi connectivity index (χ0) is 15.2. The zero-order valence-electron chi connectivity index (χ0n) is 12.7. The number of anilines is 1. The lowest BCUT2D eigenvalue weighted by Crippen LogP contribution is -2.25. The van der Waals surface area contributed by atoms with Gasteiger partial charge in [0.1, 0.15) is 0 Å². The maximum absolute atomic E-state index is 11.9. The molecular weight excluding hydrogens is 330 g/mol. The lowest BCUT2D eigenvalue weighted by molar-refractivity contribution is -0.136. The van der Waals surface area contributed by atoms with Gasteiger partial charge < -0.3 is 9.64 Å². The third-order valence-electron chi connectivity index (χ3n) is 3.73. The fourth-order valence-corrected chi connectivity index (χ4v) is 3.10. The summed E-state index contributed by atoms with van der Waals surface area (Å²) < 4.78 is 5.94. The number of ether oxygens (including phenoxy) is 1. The van der Waals surface area contributed by atoms with Crippen molar-refractivity contribution < 1.29 is 9.53 Å². The second-order valence-electron chi connectivity index (χ2n) is 5.31. The summed E-state index contributed by atoms with van der Waals surface area (Å²) in [6.45, 7) is 4.27. The van der Waals surface area contributed by atoms with Crippen molar-refractivity contribution in [1.29, 1.82) is 0 Å². The number of esters is 1. The molecule has 0 N–H and O–H groups in total. The second-order valence-corrected chi connectivity index (χ2v) is 6.22. The molecule has 0 amide bonds. The number of hydrogen-bond donors (Lipinski definition) is 0. The molecule has 3 nitrogen and oxygen atoms in total. The summed E-state index contributed by atoms with van der Waals surface area (Å²) in [5.74, 6) is -0.218. The molecule has 0 saturated heterocycles. The van der Waals surface area contributed by atoms with E-state index in [0.717, 1.165) is 54.4 Å². The van der Waals surface area contributed by atoms with Gasteiger partial charge in [-0.25, -0.2) is 4.79 Å². The Labute approximate surface area is 135 Å². The highest BCUT2D eigenvalue weighted by atomic mass is 79.9. The van der Waals surface area contributed by atoms with Crippen LogP contribution in [-0.4, -0.2) is 26.2 Å². The minimum Gasteiger partial charge on any atom is -0.466 e. The molecule has 21 heavy (non-hydrogen) atoms. The first-order chi connectivity index (χ1) is 10.2. The molecular formula is C17H22BrNO2. The van der Waals surface area contributed by atoms with Gasteiger partial charge in [0.05, 0.1) is 7.11 Å². The minimum absolute atomic E-state index is 0.218. The number of carbonyl (C=O) groups excluding carboxylic acids is 1. The maximum atomic E-state index is 11.9. The summed E-state index contributed by atoms with van der Waals surface area (Å²) in [5.41, 5.74) is 3.04. The molecule has 0 spiro atoms. The highest BCUT2D eigenvalue weighted by molar-refractivity contribution is 9.10. The highest BCUT2D eigenvalue weighted by Gasteiger charge is 2.16. The number of carbonyl (C=O) groups is 1. The largest absolute Gasteiger partial charge is 0.466 e. The van der Waals surface area contributed by atoms with E-state index in [1.807, 2.05) is 6.08 Å². The van der Waals surface area contributed by atoms with Gasteiger partial charge in [-0.3, -0.25) is 0 Å². The van der Waals surface area contributed by atoms with E-state index in [2.05, 4.69) is 46.0 Å². The summed E-state index contributed by atoms with van der Waals surface area (Å²) in [5, 5.41) is 0. The van der Waals surface area contributed by atoms with Gasteiger partial charge in [0, 0.05) is 28.8 Å². The molecule has 1 aliphatic heterocycles. The standard InChI is InChI=1S/C17H22BrNO2/c1-3-9-19-10-5-4-6-13(17(20)21-2)11-14-12-15(18)7-8-16(14)19/h7-8,11-12H,3-6,9-10H2,1-2H3/b13-11+. The lowest BCUT2D eigenvalue weighted by Gasteiger charge is -2.26. The van der Waals surface area contributed by atoms with Crippen molar-refractivity contribution in [2.24, 2.45) is 0 Å². The highest BCUT2D eigenvalue weighted by Crippen LogP contribution is 2.30. The van der Waals surface area contributed by atoms with Gasteiger partial charge in [0.2, 0.25) is 0 Å². The Kier molecular flexibility index (Phi) is 5.85. The van der Waals surface area contributed by atoms with Crippen molar-refractivity contribution in [2.45, 2.75) is 32.6 Å². The van der Waals surface area contributed by atoms with E-state index in [1.165, 1.54) is 12.8 Å². The third-order valence-corrected chi connectivity index (χ3v) is 4.22. The molecule has 4 heteroatoms. The molecule has 0 radical (unpaired) electrons. The number of benzene rings is 1. The monoisotopic (exact) mass is 351 g/mol. The molecule has 0 saturated carbocycles. The van der Waals surface area contributed by atoms with Gasteiger partial charge in [0.15, 0.2) is 0 Å². The van der Waals surface area contributed by atoms with Crippen molar-refractivity contribution in [3.05, 3.63) is 33.8 Å². The number of halogens is 1. The Morgan fingerprint density at radius 3 is 2.90 bits per heavy atom. The number of methoxy groups -OCH3 is 1. The number of rotatable bonds is 3. The Morgan fingerprint density at radius 2 is 2.19 bits per heavy atom. The Bertz CT molecular complexity index is 540. The minimum atomic E-state index is -0.218. The molecule has 0 unspecified atom stereocenters. The summed E-state index contributed by atoms with van der Waals surface area (Å²) in [4.78, 5) is 14.3. The average Bonchev–Trinajstić information content (AvgIpc) is 2.56. The van der Waals surface area contributed by atoms with Crippen LogP contribution in [0.15, 0.2) is 28.2 Å². The SMILES string of the molecule is CCCN1CCCC/C(C(=O)OC)=C\c2cc(Br)ccc21. The molecule has 1 heterocycles. The van der Waals surface area contributed by atoms with Gasteiger partial charge in [-0.05, 0) is 55.5 Å². The Hall–Kier alpha value is -1.29. The third kappa shape index (κ3) is 4.10. The Morgan fingerprint density at radius 1 is 1.38 bits per heavy atom. The van der Waals surface area contributed by atoms with E-state index < -0.39 is 0 Å². The van der Waals surface area contributed by atoms with Crippen LogP contribution < -0.4 is 4.90 Å². The van der Waals surface area contributed by atoms with E-state index in [0.29, 0.717) is 0 Å². The van der Waals surface area contributed by atoms with Crippen molar-refractivity contribution in [1.82, 2.24) is 0 Å². The van der Waals surface area contributed by atoms with E-state index >= 15 is 0 Å². The number of nitrogens with zero attached hydrogens (tertiary/aromatic N) is 1. The quantitative estimate of drug-likeness (QED) is 0.755. The second kappa shape index (κ2) is 7.64. The van der Waals surface area contributed by atoms with E-state index in [9.17, 15) is 4.79 Å². The summed E-state index contributed by atoms with van der Waals surface area (Å²) >= 11 is 3.52. The molecule has 2 rings (SSSR count). The van der Waals surface area contributed by atoms with Crippen LogP contribution >= 0.6 is 15.9 Å². The van der Waals surface area contributed by atoms with Crippen molar-refractivity contribution in [3.63, 3.8) is 0 Å². The van der Waals surface area contributed by atoms with Crippen LogP contribution in [0.1, 0.15) is 38.2 Å². The van der Waals surface area contributed by atoms with Crippen LogP contribution in [0.2, 0.25) is 0 Å². The van der Waals surface area contributed by atoms with Gasteiger partial charge >= 0.3 is 5.97 Å². The summed E-state index contributed by atoms with van der Waals surface area (Å²) in [6.07, 6.45) is 5.97. The molecule has 114 valence electrons. The topological polar surface area (TPSA) is 29.5 Å². The van der Waals surface area contributed by atoms with Crippen LogP contribution in [-0.2, 0) is 9.53 Å². The zero-order valence-corrected chi connectivity index (χ0v) is 14.3. The molecule has 0 aliphatic carbocycles. The fraction of sp³-hybridized carbons (Fsp3) is 0.471. The number of hydrogen-bond acceptors (Lipinski definition) is 3. The van der Waals surface area contributed by atoms with E-state index in [-0.39, 0.29) is 5.97 Å². The van der Waals surface area contributed by atoms with Gasteiger partial charge in [-0.2, -0.15) is 0 Å². The molecule has 0 fully saturated rings. The van der Waals surface area contributed by atoms with Crippen LogP contribution in [0.3, 0.4) is 0 Å². The average molecular weight is 352 g/mol. The predicted molar refractivity (Wildman–Crippen MR) is 90.5 cm³/mol. The van der Waals surface area contributed by atoms with Crippen molar-refractivity contribution in [2.75, 3.05) is 25.1 Å². The fourth-order valence-electron chi connectivity index (χ4n) is 2.72. The molecule has 1 aliphatic rings. The first-order valence-electron chi connectivity index (χ1n) is 7.49. The lowest BCUT2D eigenvalue weighted by atomic mass is 10.0. The molecule has 1 aromatic carbocycles. The van der Waals surface area contributed by atoms with Crippen molar-refractivity contribution >= 4 is 33.7 Å². The van der Waals surface area contributed by atoms with E-state index in [4.69, 9.17) is 4.74 Å². The van der Waals surface area contributed by atoms with E-state index in [1.54, 1.807) is 0 Å². The van der Waals surface area contributed by atoms with Crippen LogP contribution in [0.25, 0.3) is 6.08 Å². The van der Waals surface area contributed by atoms with Gasteiger partial charge in [-0.1, -0.05) is 22.9 Å². The number of fused-ring (bicyclic) bond motifs is 1. The van der Waals surface area contributed by atoms with Crippen LogP contribution in [0.5, 0.6) is 0 Å². The molecule has 0 atom stereocenters. The van der Waals surface area contributed by atoms with Crippen LogP contribution in [0, 0.1) is 0 Å². The van der Waals surface area contributed by atoms with Crippen molar-refractivity contribution in [3.8, 4) is 0 Å². The first-order valence-corrected chi connectivity index (χ1v) is 8.28. The first kappa shape index (κ1) is 16.1. The molecule has 0 aromatic heterocycles. The smallest absolute Gasteiger partial charge is 0.333 e. The van der Waals surface area contributed by atoms with Gasteiger partial charge in [0.25, 0.3) is 0 Å². The summed E-state index contributed by atoms with van der Waals surface area (Å²) in [6, 6.07) is 6.27. The maximum Gasteiger partial charge on any atom is 0.333 e. The summed E-state index contributed by atoms with van der Waals surface area (Å²) in [7, 11) is 1.45.